The van der Waals surface area contributed by atoms with E-state index in [1.807, 2.05) is 30.9 Å². The van der Waals surface area contributed by atoms with Crippen LogP contribution in [0.4, 0.5) is 5.13 Å². The summed E-state index contributed by atoms with van der Waals surface area (Å²) in [6.07, 6.45) is 2.96. The van der Waals surface area contributed by atoms with Gasteiger partial charge in [0.15, 0.2) is 5.13 Å². The summed E-state index contributed by atoms with van der Waals surface area (Å²) in [5.74, 6) is 1.02. The average Bonchev–Trinajstić information content (AvgIpc) is 3.24. The van der Waals surface area contributed by atoms with Gasteiger partial charge in [-0.1, -0.05) is 23.5 Å². The van der Waals surface area contributed by atoms with E-state index in [-0.39, 0.29) is 0 Å². The van der Waals surface area contributed by atoms with Crippen LogP contribution >= 0.6 is 11.3 Å². The zero-order valence-electron chi connectivity index (χ0n) is 13.2. The van der Waals surface area contributed by atoms with Crippen molar-refractivity contribution in [3.8, 4) is 16.3 Å². The topological polar surface area (TPSA) is 52.0 Å². The van der Waals surface area contributed by atoms with Crippen LogP contribution in [-0.2, 0) is 20.0 Å². The largest absolute Gasteiger partial charge is 0.493 e. The minimum absolute atomic E-state index is 0.766. The van der Waals surface area contributed by atoms with Crippen molar-refractivity contribution in [2.75, 3.05) is 11.9 Å². The molecule has 0 aliphatic carbocycles. The van der Waals surface area contributed by atoms with Crippen LogP contribution < -0.4 is 10.1 Å². The normalized spacial score (nSPS) is 13.0. The minimum atomic E-state index is 0.766. The third-order valence-corrected chi connectivity index (χ3v) is 5.08. The van der Waals surface area contributed by atoms with Crippen LogP contribution in [0.2, 0.25) is 0 Å². The van der Waals surface area contributed by atoms with Crippen molar-refractivity contribution in [3.05, 3.63) is 47.3 Å². The molecule has 0 fully saturated rings. The molecule has 1 aliphatic heterocycles. The highest BCUT2D eigenvalue weighted by molar-refractivity contribution is 7.19. The number of thiazole rings is 1. The van der Waals surface area contributed by atoms with Gasteiger partial charge >= 0.3 is 0 Å². The zero-order chi connectivity index (χ0) is 15.8. The van der Waals surface area contributed by atoms with Crippen molar-refractivity contribution in [1.29, 1.82) is 0 Å². The first kappa shape index (κ1) is 14.3. The van der Waals surface area contributed by atoms with Crippen LogP contribution in [-0.4, -0.2) is 21.4 Å². The number of hydrogen-bond acceptors (Lipinski definition) is 5. The first-order chi connectivity index (χ1) is 11.2. The van der Waals surface area contributed by atoms with Gasteiger partial charge in [-0.15, -0.1) is 0 Å². The summed E-state index contributed by atoms with van der Waals surface area (Å²) >= 11 is 1.65. The molecule has 23 heavy (non-hydrogen) atoms. The molecule has 0 saturated heterocycles. The predicted octanol–water partition coefficient (Wildman–Crippen LogP) is 3.40. The van der Waals surface area contributed by atoms with Crippen LogP contribution in [0.15, 0.2) is 30.5 Å². The lowest BCUT2D eigenvalue weighted by Gasteiger charge is -2.05. The number of anilines is 1. The standard InChI is InChI=1S/C17H18N4OS/c1-11-16(14-5-7-21(2)20-14)23-17(19-11)18-10-12-3-4-15-13(9-12)6-8-22-15/h3-5,7,9H,6,8,10H2,1-2H3,(H,18,19). The maximum atomic E-state index is 5.55. The highest BCUT2D eigenvalue weighted by Crippen LogP contribution is 2.32. The maximum Gasteiger partial charge on any atom is 0.183 e. The van der Waals surface area contributed by atoms with E-state index < -0.39 is 0 Å². The number of nitrogens with one attached hydrogen (secondary N) is 1. The van der Waals surface area contributed by atoms with Gasteiger partial charge in [0.2, 0.25) is 0 Å². The third-order valence-electron chi connectivity index (χ3n) is 3.94. The van der Waals surface area contributed by atoms with E-state index in [1.54, 1.807) is 11.3 Å². The van der Waals surface area contributed by atoms with Crippen LogP contribution in [0.25, 0.3) is 10.6 Å². The number of rotatable bonds is 4. The van der Waals surface area contributed by atoms with Crippen LogP contribution in [0.3, 0.4) is 0 Å². The highest BCUT2D eigenvalue weighted by Gasteiger charge is 2.14. The molecule has 3 aromatic rings. The van der Waals surface area contributed by atoms with Gasteiger partial charge in [-0.3, -0.25) is 4.68 Å². The van der Waals surface area contributed by atoms with Crippen LogP contribution in [0.1, 0.15) is 16.8 Å². The van der Waals surface area contributed by atoms with E-state index in [1.165, 1.54) is 11.1 Å². The number of aryl methyl sites for hydroxylation is 2. The molecule has 0 amide bonds. The highest BCUT2D eigenvalue weighted by atomic mass is 32.1. The molecule has 5 nitrogen and oxygen atoms in total. The molecule has 0 atom stereocenters. The zero-order valence-corrected chi connectivity index (χ0v) is 14.0. The van der Waals surface area contributed by atoms with E-state index in [2.05, 4.69) is 33.6 Å². The van der Waals surface area contributed by atoms with Crippen molar-refractivity contribution < 1.29 is 4.74 Å². The lowest BCUT2D eigenvalue weighted by Crippen LogP contribution is -1.99. The quantitative estimate of drug-likeness (QED) is 0.798. The van der Waals surface area contributed by atoms with Gasteiger partial charge in [0, 0.05) is 26.2 Å². The molecular weight excluding hydrogens is 308 g/mol. The monoisotopic (exact) mass is 326 g/mol. The number of hydrogen-bond donors (Lipinski definition) is 1. The first-order valence-corrected chi connectivity index (χ1v) is 8.46. The van der Waals surface area contributed by atoms with E-state index >= 15 is 0 Å². The van der Waals surface area contributed by atoms with Gasteiger partial charge in [0.25, 0.3) is 0 Å². The summed E-state index contributed by atoms with van der Waals surface area (Å²) in [6.45, 7) is 3.59. The Labute approximate surface area is 138 Å². The summed E-state index contributed by atoms with van der Waals surface area (Å²) in [4.78, 5) is 5.74. The molecular formula is C17H18N4OS. The lowest BCUT2D eigenvalue weighted by atomic mass is 10.1. The summed E-state index contributed by atoms with van der Waals surface area (Å²) in [6, 6.07) is 8.41. The van der Waals surface area contributed by atoms with Crippen molar-refractivity contribution in [2.45, 2.75) is 19.9 Å². The van der Waals surface area contributed by atoms with Gasteiger partial charge in [0.1, 0.15) is 11.4 Å². The van der Waals surface area contributed by atoms with E-state index in [4.69, 9.17) is 4.74 Å². The van der Waals surface area contributed by atoms with Crippen LogP contribution in [0, 0.1) is 6.92 Å². The Morgan fingerprint density at radius 1 is 1.35 bits per heavy atom. The number of ether oxygens (including phenoxy) is 1. The molecule has 1 N–H and O–H groups in total. The summed E-state index contributed by atoms with van der Waals surface area (Å²) in [5.41, 5.74) is 4.54. The second-order valence-electron chi connectivity index (χ2n) is 5.70. The fourth-order valence-electron chi connectivity index (χ4n) is 2.77. The van der Waals surface area contributed by atoms with E-state index in [0.29, 0.717) is 0 Å². The number of fused-ring (bicyclic) bond motifs is 1. The van der Waals surface area contributed by atoms with Gasteiger partial charge < -0.3 is 10.1 Å². The minimum Gasteiger partial charge on any atom is -0.493 e. The molecule has 0 unspecified atom stereocenters. The SMILES string of the molecule is Cc1nc(NCc2ccc3c(c2)CCO3)sc1-c1ccn(C)n1. The molecule has 4 rings (SSSR count). The third kappa shape index (κ3) is 2.82. The number of nitrogens with zero attached hydrogens (tertiary/aromatic N) is 3. The van der Waals surface area contributed by atoms with E-state index in [0.717, 1.165) is 46.7 Å². The second kappa shape index (κ2) is 5.70. The molecule has 0 spiro atoms. The lowest BCUT2D eigenvalue weighted by molar-refractivity contribution is 0.357. The smallest absolute Gasteiger partial charge is 0.183 e. The molecule has 2 aromatic heterocycles. The fourth-order valence-corrected chi connectivity index (χ4v) is 3.70. The van der Waals surface area contributed by atoms with Gasteiger partial charge in [-0.2, -0.15) is 5.10 Å². The summed E-state index contributed by atoms with van der Waals surface area (Å²) in [5, 5.41) is 8.81. The Bertz CT molecular complexity index is 852. The van der Waals surface area contributed by atoms with Crippen molar-refractivity contribution >= 4 is 16.5 Å². The molecule has 1 aliphatic rings. The van der Waals surface area contributed by atoms with Crippen molar-refractivity contribution in [3.63, 3.8) is 0 Å². The second-order valence-corrected chi connectivity index (χ2v) is 6.70. The summed E-state index contributed by atoms with van der Waals surface area (Å²) < 4.78 is 7.36. The van der Waals surface area contributed by atoms with E-state index in [9.17, 15) is 0 Å². The van der Waals surface area contributed by atoms with Crippen LogP contribution in [0.5, 0.6) is 5.75 Å². The van der Waals surface area contributed by atoms with Gasteiger partial charge in [0.05, 0.1) is 17.2 Å². The molecule has 118 valence electrons. The van der Waals surface area contributed by atoms with Gasteiger partial charge in [-0.25, -0.2) is 4.98 Å². The number of aromatic nitrogens is 3. The first-order valence-electron chi connectivity index (χ1n) is 7.65. The predicted molar refractivity (Wildman–Crippen MR) is 92.0 cm³/mol. The Hall–Kier alpha value is -2.34. The fraction of sp³-hybridized carbons (Fsp3) is 0.294. The molecule has 0 radical (unpaired) electrons. The molecule has 1 aromatic carbocycles. The Morgan fingerprint density at radius 3 is 3.09 bits per heavy atom. The summed E-state index contributed by atoms with van der Waals surface area (Å²) in [7, 11) is 1.93. The Morgan fingerprint density at radius 2 is 2.26 bits per heavy atom. The maximum absolute atomic E-state index is 5.55. The van der Waals surface area contributed by atoms with Crippen molar-refractivity contribution in [1.82, 2.24) is 14.8 Å². The molecule has 0 bridgehead atoms. The number of benzene rings is 1. The average molecular weight is 326 g/mol. The molecule has 3 heterocycles. The van der Waals surface area contributed by atoms with Gasteiger partial charge in [-0.05, 0) is 30.2 Å². The molecule has 0 saturated carbocycles. The Balaban J connectivity index is 1.49. The van der Waals surface area contributed by atoms with Crippen molar-refractivity contribution in [2.24, 2.45) is 7.05 Å². The Kier molecular flexibility index (Phi) is 3.53. The molecule has 6 heteroatoms.